The average Bonchev–Trinajstić information content (AvgIpc) is 3.08. The lowest BCUT2D eigenvalue weighted by atomic mass is 10.1. The molecule has 0 aliphatic heterocycles. The molecule has 0 aliphatic rings. The number of imidazole rings is 1. The number of hydrogen-bond acceptors (Lipinski definition) is 7. The molecule has 0 atom stereocenters. The van der Waals surface area contributed by atoms with Gasteiger partial charge in [-0.3, -0.25) is 0 Å². The Hall–Kier alpha value is -3.56. The van der Waals surface area contributed by atoms with Crippen molar-refractivity contribution in [1.29, 1.82) is 0 Å². The number of nitrogens with zero attached hydrogens (tertiary/aromatic N) is 3. The van der Waals surface area contributed by atoms with Crippen molar-refractivity contribution in [2.45, 2.75) is 39.2 Å². The number of pyridine rings is 1. The maximum absolute atomic E-state index is 14.1. The fourth-order valence-electron chi connectivity index (χ4n) is 2.69. The largest absolute Gasteiger partial charge is 0.464 e. The Bertz CT molecular complexity index is 1150. The molecule has 2 heterocycles. The van der Waals surface area contributed by atoms with Gasteiger partial charge in [-0.15, -0.1) is 0 Å². The van der Waals surface area contributed by atoms with Crippen molar-refractivity contribution >= 4 is 23.1 Å². The van der Waals surface area contributed by atoms with Gasteiger partial charge in [0, 0.05) is 13.0 Å². The molecule has 0 N–H and O–H groups in total. The number of hydrogen-bond donors (Lipinski definition) is 0. The van der Waals surface area contributed by atoms with Crippen molar-refractivity contribution in [1.82, 2.24) is 14.5 Å². The lowest BCUT2D eigenvalue weighted by Crippen LogP contribution is -2.26. The van der Waals surface area contributed by atoms with Gasteiger partial charge in [0.1, 0.15) is 17.7 Å². The second-order valence-corrected chi connectivity index (χ2v) is 7.78. The third-order valence-electron chi connectivity index (χ3n) is 4.05. The standard InChI is InChI=1S/C21H21F2N3O5/c1-20(2,3)31-19(28)26-11-24-14-8-6-12(10-16(14)26)30-17-13(21(4,22)23)7-9-15(25-17)18(27)29-5/h6-11H,1-5H3. The molecule has 0 unspecified atom stereocenters. The molecule has 0 aliphatic carbocycles. The lowest BCUT2D eigenvalue weighted by Gasteiger charge is -2.19. The highest BCUT2D eigenvalue weighted by molar-refractivity contribution is 5.88. The van der Waals surface area contributed by atoms with Gasteiger partial charge in [-0.1, -0.05) is 0 Å². The zero-order chi connectivity index (χ0) is 23.0. The molecule has 3 aromatic rings. The van der Waals surface area contributed by atoms with Crippen LogP contribution in [-0.2, 0) is 15.4 Å². The summed E-state index contributed by atoms with van der Waals surface area (Å²) in [7, 11) is 1.15. The monoisotopic (exact) mass is 433 g/mol. The molecule has 164 valence electrons. The zero-order valence-electron chi connectivity index (χ0n) is 17.6. The Labute approximate surface area is 176 Å². The number of aromatic nitrogens is 3. The van der Waals surface area contributed by atoms with Crippen molar-refractivity contribution < 1.29 is 32.6 Å². The normalized spacial score (nSPS) is 12.0. The summed E-state index contributed by atoms with van der Waals surface area (Å²) in [6.07, 6.45) is 0.642. The number of rotatable bonds is 4. The van der Waals surface area contributed by atoms with Gasteiger partial charge in [-0.2, -0.15) is 0 Å². The molecule has 0 saturated heterocycles. The summed E-state index contributed by atoms with van der Waals surface area (Å²) in [5.74, 6) is -4.43. The van der Waals surface area contributed by atoms with Gasteiger partial charge in [0.15, 0.2) is 5.69 Å². The van der Waals surface area contributed by atoms with Crippen LogP contribution >= 0.6 is 0 Å². The Morgan fingerprint density at radius 2 is 1.77 bits per heavy atom. The molecule has 0 fully saturated rings. The fraction of sp³-hybridized carbons (Fsp3) is 0.333. The van der Waals surface area contributed by atoms with Crippen LogP contribution in [0.15, 0.2) is 36.7 Å². The van der Waals surface area contributed by atoms with E-state index in [2.05, 4.69) is 14.7 Å². The number of fused-ring (bicyclic) bond motifs is 1. The predicted molar refractivity (Wildman–Crippen MR) is 107 cm³/mol. The number of carbonyl (C=O) groups is 2. The zero-order valence-corrected chi connectivity index (χ0v) is 17.6. The van der Waals surface area contributed by atoms with E-state index < -0.39 is 35.0 Å². The summed E-state index contributed by atoms with van der Waals surface area (Å²) >= 11 is 0. The van der Waals surface area contributed by atoms with E-state index in [1.165, 1.54) is 23.0 Å². The number of methoxy groups -OCH3 is 1. The Morgan fingerprint density at radius 3 is 2.39 bits per heavy atom. The molecule has 0 amide bonds. The summed E-state index contributed by atoms with van der Waals surface area (Å²) < 4.78 is 44.8. The van der Waals surface area contributed by atoms with E-state index in [0.717, 1.165) is 19.2 Å². The minimum atomic E-state index is -3.28. The first-order valence-electron chi connectivity index (χ1n) is 9.25. The second-order valence-electron chi connectivity index (χ2n) is 7.78. The van der Waals surface area contributed by atoms with Crippen LogP contribution in [0.5, 0.6) is 11.6 Å². The van der Waals surface area contributed by atoms with Crippen LogP contribution in [0.25, 0.3) is 11.0 Å². The number of carbonyl (C=O) groups excluding carboxylic acids is 2. The minimum absolute atomic E-state index is 0.109. The molecule has 3 rings (SSSR count). The molecule has 0 radical (unpaired) electrons. The van der Waals surface area contributed by atoms with Gasteiger partial charge in [0.25, 0.3) is 5.92 Å². The van der Waals surface area contributed by atoms with E-state index in [4.69, 9.17) is 9.47 Å². The minimum Gasteiger partial charge on any atom is -0.464 e. The Kier molecular flexibility index (Phi) is 5.66. The average molecular weight is 433 g/mol. The maximum Gasteiger partial charge on any atom is 0.420 e. The van der Waals surface area contributed by atoms with Gasteiger partial charge < -0.3 is 14.2 Å². The smallest absolute Gasteiger partial charge is 0.420 e. The van der Waals surface area contributed by atoms with E-state index in [-0.39, 0.29) is 11.4 Å². The molecule has 1 aromatic carbocycles. The summed E-state index contributed by atoms with van der Waals surface area (Å²) in [6, 6.07) is 6.67. The molecular weight excluding hydrogens is 412 g/mol. The summed E-state index contributed by atoms with van der Waals surface area (Å²) in [5.41, 5.74) is -0.607. The first kappa shape index (κ1) is 22.1. The van der Waals surface area contributed by atoms with Crippen molar-refractivity contribution in [2.24, 2.45) is 0 Å². The first-order chi connectivity index (χ1) is 14.4. The summed E-state index contributed by atoms with van der Waals surface area (Å²) in [5, 5.41) is 0. The van der Waals surface area contributed by atoms with Crippen LogP contribution in [0, 0.1) is 0 Å². The van der Waals surface area contributed by atoms with Gasteiger partial charge in [-0.25, -0.2) is 32.9 Å². The Morgan fingerprint density at radius 1 is 1.06 bits per heavy atom. The van der Waals surface area contributed by atoms with Crippen molar-refractivity contribution in [3.63, 3.8) is 0 Å². The van der Waals surface area contributed by atoms with E-state index in [1.54, 1.807) is 26.8 Å². The third kappa shape index (κ3) is 4.96. The molecule has 0 spiro atoms. The number of alkyl halides is 2. The summed E-state index contributed by atoms with van der Waals surface area (Å²) in [4.78, 5) is 32.2. The van der Waals surface area contributed by atoms with Crippen molar-refractivity contribution in [2.75, 3.05) is 7.11 Å². The topological polar surface area (TPSA) is 92.5 Å². The number of halogens is 2. The van der Waals surface area contributed by atoms with Gasteiger partial charge in [0.2, 0.25) is 5.88 Å². The molecular formula is C21H21F2N3O5. The lowest BCUT2D eigenvalue weighted by molar-refractivity contribution is 0.0147. The van der Waals surface area contributed by atoms with Gasteiger partial charge >= 0.3 is 12.1 Å². The molecule has 0 saturated carbocycles. The van der Waals surface area contributed by atoms with E-state index in [0.29, 0.717) is 18.0 Å². The van der Waals surface area contributed by atoms with Crippen LogP contribution in [0.4, 0.5) is 13.6 Å². The first-order valence-corrected chi connectivity index (χ1v) is 9.25. The number of esters is 1. The molecule has 8 nitrogen and oxygen atoms in total. The van der Waals surface area contributed by atoms with Crippen LogP contribution in [0.2, 0.25) is 0 Å². The van der Waals surface area contributed by atoms with Crippen LogP contribution < -0.4 is 4.74 Å². The van der Waals surface area contributed by atoms with Crippen molar-refractivity contribution in [3.05, 3.63) is 47.9 Å². The predicted octanol–water partition coefficient (Wildman–Crippen LogP) is 4.91. The van der Waals surface area contributed by atoms with Crippen LogP contribution in [0.1, 0.15) is 43.7 Å². The van der Waals surface area contributed by atoms with Crippen LogP contribution in [-0.4, -0.2) is 39.3 Å². The highest BCUT2D eigenvalue weighted by Gasteiger charge is 2.31. The Balaban J connectivity index is 2.02. The molecule has 31 heavy (non-hydrogen) atoms. The van der Waals surface area contributed by atoms with Gasteiger partial charge in [0.05, 0.1) is 23.7 Å². The number of ether oxygens (including phenoxy) is 3. The van der Waals surface area contributed by atoms with E-state index in [1.807, 2.05) is 0 Å². The maximum atomic E-state index is 14.1. The molecule has 0 bridgehead atoms. The van der Waals surface area contributed by atoms with E-state index >= 15 is 0 Å². The van der Waals surface area contributed by atoms with Crippen molar-refractivity contribution in [3.8, 4) is 11.6 Å². The fourth-order valence-corrected chi connectivity index (χ4v) is 2.69. The number of benzene rings is 1. The molecule has 10 heteroatoms. The second kappa shape index (κ2) is 7.93. The quantitative estimate of drug-likeness (QED) is 0.540. The highest BCUT2D eigenvalue weighted by Crippen LogP contribution is 2.36. The highest BCUT2D eigenvalue weighted by atomic mass is 19.3. The van der Waals surface area contributed by atoms with Gasteiger partial charge in [-0.05, 0) is 45.0 Å². The van der Waals surface area contributed by atoms with Crippen LogP contribution in [0.3, 0.4) is 0 Å². The SMILES string of the molecule is COC(=O)c1ccc(C(C)(F)F)c(Oc2ccc3ncn(C(=O)OC(C)(C)C)c3c2)n1. The van der Waals surface area contributed by atoms with E-state index in [9.17, 15) is 18.4 Å². The summed E-state index contributed by atoms with van der Waals surface area (Å²) in [6.45, 7) is 5.87. The third-order valence-corrected chi connectivity index (χ3v) is 4.05. The molecule has 2 aromatic heterocycles.